The zero-order chi connectivity index (χ0) is 17.3. The van der Waals surface area contributed by atoms with Gasteiger partial charge in [-0.2, -0.15) is 0 Å². The number of ether oxygens (including phenoxy) is 3. The molecule has 2 N–H and O–H groups in total. The fourth-order valence-corrected chi connectivity index (χ4v) is 1.96. The smallest absolute Gasteiger partial charge is 0.407 e. The van der Waals surface area contributed by atoms with E-state index in [9.17, 15) is 4.79 Å². The van der Waals surface area contributed by atoms with Crippen molar-refractivity contribution in [3.63, 3.8) is 0 Å². The van der Waals surface area contributed by atoms with Crippen LogP contribution in [-0.2, 0) is 15.9 Å². The molecular weight excluding hydrogens is 298 g/mol. The van der Waals surface area contributed by atoms with Crippen LogP contribution in [0.5, 0.6) is 5.75 Å². The second-order valence-electron chi connectivity index (χ2n) is 6.12. The van der Waals surface area contributed by atoms with Crippen molar-refractivity contribution >= 4 is 6.09 Å². The van der Waals surface area contributed by atoms with Gasteiger partial charge in [0.15, 0.2) is 0 Å². The summed E-state index contributed by atoms with van der Waals surface area (Å²) in [4.78, 5) is 11.7. The average Bonchev–Trinajstić information content (AvgIpc) is 2.48. The van der Waals surface area contributed by atoms with Gasteiger partial charge in [-0.1, -0.05) is 18.2 Å². The van der Waals surface area contributed by atoms with E-state index in [0.717, 1.165) is 5.56 Å². The summed E-state index contributed by atoms with van der Waals surface area (Å²) in [6.07, 6.45) is -0.0979. The Morgan fingerprint density at radius 2 is 2.00 bits per heavy atom. The van der Waals surface area contributed by atoms with Crippen molar-refractivity contribution in [3.8, 4) is 5.75 Å². The van der Waals surface area contributed by atoms with E-state index < -0.39 is 11.7 Å². The molecule has 0 aliphatic heterocycles. The van der Waals surface area contributed by atoms with Crippen molar-refractivity contribution in [3.05, 3.63) is 29.8 Å². The molecule has 1 aromatic rings. The summed E-state index contributed by atoms with van der Waals surface area (Å²) in [6, 6.07) is 7.57. The minimum Gasteiger partial charge on any atom is -0.491 e. The van der Waals surface area contributed by atoms with Crippen LogP contribution >= 0.6 is 0 Å². The maximum Gasteiger partial charge on any atom is 0.407 e. The van der Waals surface area contributed by atoms with E-state index in [-0.39, 0.29) is 19.3 Å². The van der Waals surface area contributed by atoms with Crippen LogP contribution in [0.25, 0.3) is 0 Å². The van der Waals surface area contributed by atoms with Crippen LogP contribution in [0.4, 0.5) is 4.79 Å². The first-order chi connectivity index (χ1) is 10.9. The lowest BCUT2D eigenvalue weighted by Crippen LogP contribution is -2.38. The van der Waals surface area contributed by atoms with E-state index in [1.165, 1.54) is 0 Å². The van der Waals surface area contributed by atoms with Crippen LogP contribution in [0.2, 0.25) is 0 Å². The van der Waals surface area contributed by atoms with Crippen molar-refractivity contribution in [2.75, 3.05) is 26.9 Å². The first-order valence-corrected chi connectivity index (χ1v) is 7.67. The van der Waals surface area contributed by atoms with Gasteiger partial charge in [0, 0.05) is 20.1 Å². The summed E-state index contributed by atoms with van der Waals surface area (Å²) in [6.45, 7) is 5.98. The monoisotopic (exact) mass is 325 g/mol. The number of methoxy groups -OCH3 is 1. The van der Waals surface area contributed by atoms with Gasteiger partial charge >= 0.3 is 6.09 Å². The number of hydrogen-bond acceptors (Lipinski definition) is 5. The van der Waals surface area contributed by atoms with Gasteiger partial charge in [0.2, 0.25) is 0 Å². The molecule has 0 aliphatic rings. The summed E-state index contributed by atoms with van der Waals surface area (Å²) in [5.74, 6) is 0.709. The molecule has 0 aromatic heterocycles. The molecule has 23 heavy (non-hydrogen) atoms. The molecule has 6 heteroatoms. The van der Waals surface area contributed by atoms with Gasteiger partial charge in [0.25, 0.3) is 0 Å². The van der Waals surface area contributed by atoms with E-state index in [4.69, 9.17) is 19.3 Å². The van der Waals surface area contributed by atoms with Gasteiger partial charge in [-0.3, -0.25) is 0 Å². The standard InChI is InChI=1S/C17H27NO5/c1-17(2,3)23-16(20)18-12-14(21-4)11-13-7-5-6-8-15(13)22-10-9-19/h5-8,14,19H,9-12H2,1-4H3,(H,18,20)/t14-/m0/s1. The third-order valence-corrected chi connectivity index (χ3v) is 2.98. The fourth-order valence-electron chi connectivity index (χ4n) is 1.96. The van der Waals surface area contributed by atoms with E-state index >= 15 is 0 Å². The molecule has 1 rings (SSSR count). The van der Waals surface area contributed by atoms with Crippen molar-refractivity contribution < 1.29 is 24.1 Å². The minimum absolute atomic E-state index is 0.0394. The van der Waals surface area contributed by atoms with Crippen LogP contribution in [0, 0.1) is 0 Å². The molecule has 0 spiro atoms. The van der Waals surface area contributed by atoms with Crippen molar-refractivity contribution in [1.82, 2.24) is 5.32 Å². The number of benzene rings is 1. The molecule has 0 radical (unpaired) electrons. The normalized spacial score (nSPS) is 12.6. The number of aliphatic hydroxyl groups is 1. The maximum atomic E-state index is 11.7. The van der Waals surface area contributed by atoms with Crippen LogP contribution in [0.1, 0.15) is 26.3 Å². The first kappa shape index (κ1) is 19.3. The van der Waals surface area contributed by atoms with Gasteiger partial charge in [0.1, 0.15) is 18.0 Å². The Labute approximate surface area is 137 Å². The number of carbonyl (C=O) groups is 1. The topological polar surface area (TPSA) is 77.0 Å². The molecule has 0 heterocycles. The van der Waals surface area contributed by atoms with E-state index in [2.05, 4.69) is 5.32 Å². The van der Waals surface area contributed by atoms with Crippen LogP contribution < -0.4 is 10.1 Å². The Balaban J connectivity index is 2.58. The van der Waals surface area contributed by atoms with Gasteiger partial charge in [-0.25, -0.2) is 4.79 Å². The van der Waals surface area contributed by atoms with Gasteiger partial charge in [0.05, 0.1) is 12.7 Å². The molecule has 1 aromatic carbocycles. The summed E-state index contributed by atoms with van der Waals surface area (Å²) < 4.78 is 16.1. The van der Waals surface area contributed by atoms with E-state index in [0.29, 0.717) is 18.7 Å². The molecular formula is C17H27NO5. The number of hydrogen-bond donors (Lipinski definition) is 2. The van der Waals surface area contributed by atoms with E-state index in [1.54, 1.807) is 7.11 Å². The lowest BCUT2D eigenvalue weighted by atomic mass is 10.1. The molecule has 0 bridgehead atoms. The predicted molar refractivity (Wildman–Crippen MR) is 87.8 cm³/mol. The lowest BCUT2D eigenvalue weighted by molar-refractivity contribution is 0.0456. The zero-order valence-electron chi connectivity index (χ0n) is 14.3. The second-order valence-corrected chi connectivity index (χ2v) is 6.12. The Morgan fingerprint density at radius 1 is 1.30 bits per heavy atom. The Kier molecular flexibility index (Phi) is 7.85. The first-order valence-electron chi connectivity index (χ1n) is 7.67. The molecule has 0 fully saturated rings. The second kappa shape index (κ2) is 9.37. The Hall–Kier alpha value is -1.79. The highest BCUT2D eigenvalue weighted by Crippen LogP contribution is 2.20. The van der Waals surface area contributed by atoms with Gasteiger partial charge in [-0.15, -0.1) is 0 Å². The molecule has 0 unspecified atom stereocenters. The molecule has 1 amide bonds. The maximum absolute atomic E-state index is 11.7. The van der Waals surface area contributed by atoms with Crippen LogP contribution in [0.15, 0.2) is 24.3 Å². The predicted octanol–water partition coefficient (Wildman–Crippen LogP) is 2.14. The molecule has 0 aliphatic carbocycles. The van der Waals surface area contributed by atoms with Crippen molar-refractivity contribution in [2.45, 2.75) is 38.9 Å². The van der Waals surface area contributed by atoms with Crippen LogP contribution in [-0.4, -0.2) is 49.8 Å². The number of para-hydroxylation sites is 1. The summed E-state index contributed by atoms with van der Waals surface area (Å²) in [7, 11) is 1.60. The Morgan fingerprint density at radius 3 is 2.61 bits per heavy atom. The lowest BCUT2D eigenvalue weighted by Gasteiger charge is -2.22. The summed E-state index contributed by atoms with van der Waals surface area (Å²) in [5, 5.41) is 11.6. The number of aliphatic hydroxyl groups excluding tert-OH is 1. The molecule has 6 nitrogen and oxygen atoms in total. The van der Waals surface area contributed by atoms with Crippen molar-refractivity contribution in [2.24, 2.45) is 0 Å². The molecule has 130 valence electrons. The largest absolute Gasteiger partial charge is 0.491 e. The number of rotatable bonds is 8. The SMILES string of the molecule is CO[C@H](CNC(=O)OC(C)(C)C)Cc1ccccc1OCCO. The quantitative estimate of drug-likeness (QED) is 0.766. The van der Waals surface area contributed by atoms with Gasteiger partial charge in [-0.05, 0) is 32.4 Å². The summed E-state index contributed by atoms with van der Waals surface area (Å²) in [5.41, 5.74) is 0.427. The third-order valence-electron chi connectivity index (χ3n) is 2.98. The zero-order valence-corrected chi connectivity index (χ0v) is 14.3. The molecule has 0 saturated carbocycles. The number of alkyl carbamates (subject to hydrolysis) is 1. The van der Waals surface area contributed by atoms with E-state index in [1.807, 2.05) is 45.0 Å². The van der Waals surface area contributed by atoms with Crippen molar-refractivity contribution in [1.29, 1.82) is 0 Å². The minimum atomic E-state index is -0.530. The third kappa shape index (κ3) is 7.85. The van der Waals surface area contributed by atoms with Gasteiger partial charge < -0.3 is 24.6 Å². The highest BCUT2D eigenvalue weighted by atomic mass is 16.6. The van der Waals surface area contributed by atoms with Crippen LogP contribution in [0.3, 0.4) is 0 Å². The molecule has 1 atom stereocenters. The highest BCUT2D eigenvalue weighted by molar-refractivity contribution is 5.67. The number of amides is 1. The number of carbonyl (C=O) groups excluding carboxylic acids is 1. The highest BCUT2D eigenvalue weighted by Gasteiger charge is 2.18. The Bertz CT molecular complexity index is 484. The summed E-state index contributed by atoms with van der Waals surface area (Å²) >= 11 is 0. The number of nitrogens with one attached hydrogen (secondary N) is 1. The molecule has 0 saturated heterocycles. The fraction of sp³-hybridized carbons (Fsp3) is 0.588. The average molecular weight is 325 g/mol.